The third-order valence-electron chi connectivity index (χ3n) is 5.29. The summed E-state index contributed by atoms with van der Waals surface area (Å²) in [5.41, 5.74) is 16.9. The van der Waals surface area contributed by atoms with Crippen LogP contribution in [0.15, 0.2) is 35.3 Å². The molecular formula is C23H35N7O7S. The van der Waals surface area contributed by atoms with Crippen molar-refractivity contribution in [3.05, 3.63) is 35.9 Å². The lowest BCUT2D eigenvalue weighted by molar-refractivity contribution is -0.143. The highest BCUT2D eigenvalue weighted by molar-refractivity contribution is 7.80. The maximum Gasteiger partial charge on any atom is 0.326 e. The lowest BCUT2D eigenvalue weighted by atomic mass is 10.0. The number of nitrogens with zero attached hydrogens (tertiary/aromatic N) is 1. The van der Waals surface area contributed by atoms with E-state index in [4.69, 9.17) is 22.3 Å². The Morgan fingerprint density at radius 2 is 1.42 bits per heavy atom. The van der Waals surface area contributed by atoms with Crippen molar-refractivity contribution in [3.8, 4) is 0 Å². The molecule has 0 aromatic heterocycles. The molecule has 0 radical (unpaired) electrons. The average molecular weight is 554 g/mol. The van der Waals surface area contributed by atoms with Crippen LogP contribution in [0.2, 0.25) is 0 Å². The van der Waals surface area contributed by atoms with Gasteiger partial charge in [-0.25, -0.2) is 4.79 Å². The number of carbonyl (C=O) groups is 5. The third-order valence-corrected chi connectivity index (χ3v) is 5.68. The van der Waals surface area contributed by atoms with Gasteiger partial charge in [0.15, 0.2) is 5.96 Å². The third kappa shape index (κ3) is 12.4. The summed E-state index contributed by atoms with van der Waals surface area (Å²) in [5.74, 6) is -5.02. The largest absolute Gasteiger partial charge is 0.481 e. The summed E-state index contributed by atoms with van der Waals surface area (Å²) in [4.78, 5) is 65.1. The van der Waals surface area contributed by atoms with Crippen LogP contribution >= 0.6 is 12.6 Å². The van der Waals surface area contributed by atoms with Crippen molar-refractivity contribution < 1.29 is 34.2 Å². The Morgan fingerprint density at radius 1 is 0.868 bits per heavy atom. The Morgan fingerprint density at radius 3 is 1.95 bits per heavy atom. The normalized spacial score (nSPS) is 13.7. The van der Waals surface area contributed by atoms with E-state index in [0.29, 0.717) is 5.56 Å². The predicted molar refractivity (Wildman–Crippen MR) is 142 cm³/mol. The molecule has 0 saturated carbocycles. The van der Waals surface area contributed by atoms with Crippen molar-refractivity contribution in [3.63, 3.8) is 0 Å². The molecule has 4 atom stereocenters. The van der Waals surface area contributed by atoms with Crippen LogP contribution in [0.5, 0.6) is 0 Å². The fourth-order valence-electron chi connectivity index (χ4n) is 3.27. The molecule has 3 amide bonds. The van der Waals surface area contributed by atoms with Crippen molar-refractivity contribution in [1.29, 1.82) is 0 Å². The number of amides is 3. The van der Waals surface area contributed by atoms with Gasteiger partial charge in [-0.15, -0.1) is 0 Å². The summed E-state index contributed by atoms with van der Waals surface area (Å²) in [7, 11) is 0. The fourth-order valence-corrected chi connectivity index (χ4v) is 3.43. The first-order chi connectivity index (χ1) is 17.9. The minimum atomic E-state index is -1.40. The van der Waals surface area contributed by atoms with Crippen LogP contribution < -0.4 is 33.2 Å². The highest BCUT2D eigenvalue weighted by Crippen LogP contribution is 2.07. The van der Waals surface area contributed by atoms with E-state index >= 15 is 0 Å². The van der Waals surface area contributed by atoms with Gasteiger partial charge in [0.2, 0.25) is 17.7 Å². The summed E-state index contributed by atoms with van der Waals surface area (Å²) in [6.07, 6.45) is -0.508. The molecule has 0 bridgehead atoms. The molecule has 15 heteroatoms. The first-order valence-electron chi connectivity index (χ1n) is 11.8. The number of benzene rings is 1. The zero-order valence-electron chi connectivity index (χ0n) is 20.7. The molecule has 1 rings (SSSR count). The molecule has 0 aliphatic heterocycles. The van der Waals surface area contributed by atoms with E-state index in [0.717, 1.165) is 0 Å². The molecule has 4 unspecified atom stereocenters. The zero-order chi connectivity index (χ0) is 28.7. The molecular weight excluding hydrogens is 518 g/mol. The zero-order valence-corrected chi connectivity index (χ0v) is 21.6. The number of rotatable bonds is 17. The van der Waals surface area contributed by atoms with Gasteiger partial charge in [-0.1, -0.05) is 30.3 Å². The average Bonchev–Trinajstić information content (AvgIpc) is 2.87. The van der Waals surface area contributed by atoms with Gasteiger partial charge in [0.25, 0.3) is 0 Å². The topological polar surface area (TPSA) is 252 Å². The van der Waals surface area contributed by atoms with Gasteiger partial charge in [0.05, 0.1) is 6.04 Å². The first-order valence-corrected chi connectivity index (χ1v) is 12.4. The molecule has 11 N–H and O–H groups in total. The number of hydrogen-bond donors (Lipinski definition) is 9. The number of carbonyl (C=O) groups excluding carboxylic acids is 3. The Balaban J connectivity index is 3.05. The van der Waals surface area contributed by atoms with Crippen molar-refractivity contribution >= 4 is 48.2 Å². The number of hydrogen-bond acceptors (Lipinski definition) is 8. The second kappa shape index (κ2) is 16.8. The van der Waals surface area contributed by atoms with E-state index in [1.807, 2.05) is 0 Å². The molecule has 0 saturated heterocycles. The SMILES string of the molecule is NC(N)=NCCCC(NC(=O)C(N)CS)C(=O)NC(CCC(=O)O)C(=O)NC(Cc1ccccc1)C(=O)O. The number of aliphatic carboxylic acids is 2. The number of carboxylic acids is 2. The Kier molecular flexibility index (Phi) is 14.2. The van der Waals surface area contributed by atoms with Crippen molar-refractivity contribution in [1.82, 2.24) is 16.0 Å². The summed E-state index contributed by atoms with van der Waals surface area (Å²) >= 11 is 3.96. The summed E-state index contributed by atoms with van der Waals surface area (Å²) in [6, 6.07) is 3.66. The first kappa shape index (κ1) is 32.2. The van der Waals surface area contributed by atoms with Gasteiger partial charge >= 0.3 is 11.9 Å². The molecule has 0 aliphatic carbocycles. The summed E-state index contributed by atoms with van der Waals surface area (Å²) in [6.45, 7) is 0.156. The molecule has 0 spiro atoms. The van der Waals surface area contributed by atoms with Gasteiger partial charge in [0, 0.05) is 25.1 Å². The van der Waals surface area contributed by atoms with Crippen LogP contribution in [-0.2, 0) is 30.4 Å². The Labute approximate surface area is 225 Å². The molecule has 210 valence electrons. The molecule has 0 fully saturated rings. The van der Waals surface area contributed by atoms with Gasteiger partial charge in [-0.2, -0.15) is 12.6 Å². The smallest absolute Gasteiger partial charge is 0.326 e. The number of nitrogens with one attached hydrogen (secondary N) is 3. The van der Waals surface area contributed by atoms with Crippen LogP contribution in [0.25, 0.3) is 0 Å². The predicted octanol–water partition coefficient (Wildman–Crippen LogP) is -2.06. The molecule has 0 heterocycles. The highest BCUT2D eigenvalue weighted by atomic mass is 32.1. The molecule has 1 aromatic rings. The van der Waals surface area contributed by atoms with E-state index in [1.165, 1.54) is 0 Å². The maximum absolute atomic E-state index is 13.1. The van der Waals surface area contributed by atoms with Crippen LogP contribution in [0.1, 0.15) is 31.2 Å². The van der Waals surface area contributed by atoms with Gasteiger partial charge in [-0.05, 0) is 24.8 Å². The van der Waals surface area contributed by atoms with E-state index in [2.05, 4.69) is 33.6 Å². The number of carboxylic acid groups (broad SMARTS) is 2. The highest BCUT2D eigenvalue weighted by Gasteiger charge is 2.30. The number of thiol groups is 1. The second-order valence-electron chi connectivity index (χ2n) is 8.38. The number of guanidine groups is 1. The summed E-state index contributed by atoms with van der Waals surface area (Å²) < 4.78 is 0. The maximum atomic E-state index is 13.1. The van der Waals surface area contributed by atoms with Crippen LogP contribution in [0.3, 0.4) is 0 Å². The van der Waals surface area contributed by atoms with Crippen molar-refractivity contribution in [2.24, 2.45) is 22.2 Å². The van der Waals surface area contributed by atoms with Crippen molar-refractivity contribution in [2.75, 3.05) is 12.3 Å². The molecule has 0 aliphatic rings. The van der Waals surface area contributed by atoms with Crippen molar-refractivity contribution in [2.45, 2.75) is 56.3 Å². The van der Waals surface area contributed by atoms with Gasteiger partial charge in [0.1, 0.15) is 18.1 Å². The number of nitrogens with two attached hydrogens (primary N) is 3. The lowest BCUT2D eigenvalue weighted by Gasteiger charge is -2.25. The van der Waals surface area contributed by atoms with Crippen LogP contribution in [-0.4, -0.2) is 82.3 Å². The monoisotopic (exact) mass is 553 g/mol. The minimum absolute atomic E-state index is 0.00973. The van der Waals surface area contributed by atoms with E-state index in [1.54, 1.807) is 30.3 Å². The molecule has 38 heavy (non-hydrogen) atoms. The quantitative estimate of drug-likeness (QED) is 0.0441. The fraction of sp³-hybridized carbons (Fsp3) is 0.478. The van der Waals surface area contributed by atoms with E-state index in [9.17, 15) is 29.1 Å². The van der Waals surface area contributed by atoms with Crippen LogP contribution in [0.4, 0.5) is 0 Å². The van der Waals surface area contributed by atoms with Gasteiger partial charge in [-0.3, -0.25) is 24.2 Å². The Hall–Kier alpha value is -3.85. The van der Waals surface area contributed by atoms with E-state index in [-0.39, 0.29) is 43.9 Å². The summed E-state index contributed by atoms with van der Waals surface area (Å²) in [5, 5.41) is 26.0. The van der Waals surface area contributed by atoms with Crippen LogP contribution in [0, 0.1) is 0 Å². The molecule has 14 nitrogen and oxygen atoms in total. The number of aliphatic imine (C=N–C) groups is 1. The van der Waals surface area contributed by atoms with Gasteiger partial charge < -0.3 is 43.4 Å². The van der Waals surface area contributed by atoms with E-state index < -0.39 is 60.2 Å². The lowest BCUT2D eigenvalue weighted by Crippen LogP contribution is -2.57. The standard InChI is InChI=1S/C23H35N7O7S/c24-14(12-38)19(33)28-15(7-4-10-27-23(25)26)20(34)29-16(8-9-18(31)32)21(35)30-17(22(36)37)11-13-5-2-1-3-6-13/h1-3,5-6,14-17,38H,4,7-12,24H2,(H,28,33)(H,29,34)(H,30,35)(H,31,32)(H,36,37)(H4,25,26,27). The second-order valence-corrected chi connectivity index (χ2v) is 8.75. The Bertz CT molecular complexity index is 990. The molecule has 1 aromatic carbocycles. The minimum Gasteiger partial charge on any atom is -0.481 e.